The minimum atomic E-state index is -0.171. The van der Waals surface area contributed by atoms with Crippen LogP contribution in [0, 0.1) is 0 Å². The third-order valence-corrected chi connectivity index (χ3v) is 4.91. The summed E-state index contributed by atoms with van der Waals surface area (Å²) in [6.45, 7) is 1.16. The zero-order valence-corrected chi connectivity index (χ0v) is 16.5. The number of fused-ring (bicyclic) bond motifs is 1. The van der Waals surface area contributed by atoms with Gasteiger partial charge in [-0.3, -0.25) is 15.3 Å². The summed E-state index contributed by atoms with van der Waals surface area (Å²) in [5.74, 6) is -0.171. The number of nitrogens with zero attached hydrogens (tertiary/aromatic N) is 2. The van der Waals surface area contributed by atoms with Crippen LogP contribution in [0.3, 0.4) is 0 Å². The van der Waals surface area contributed by atoms with E-state index in [1.807, 2.05) is 31.3 Å². The van der Waals surface area contributed by atoms with E-state index in [0.717, 1.165) is 53.1 Å². The summed E-state index contributed by atoms with van der Waals surface area (Å²) in [6.07, 6.45) is 6.02. The van der Waals surface area contributed by atoms with Crippen molar-refractivity contribution in [1.82, 2.24) is 20.6 Å². The van der Waals surface area contributed by atoms with Crippen LogP contribution in [-0.4, -0.2) is 48.4 Å². The van der Waals surface area contributed by atoms with E-state index in [4.69, 9.17) is 16.3 Å². The summed E-state index contributed by atoms with van der Waals surface area (Å²) in [6, 6.07) is 7.74. The number of aromatic nitrogens is 2. The first-order valence-electron chi connectivity index (χ1n) is 9.13. The maximum atomic E-state index is 12.7. The number of carbonyl (C=O) groups is 1. The van der Waals surface area contributed by atoms with E-state index >= 15 is 0 Å². The van der Waals surface area contributed by atoms with Gasteiger partial charge >= 0.3 is 0 Å². The molecule has 1 aromatic carbocycles. The number of H-pyrrole nitrogens is 1. The Morgan fingerprint density at radius 2 is 2.07 bits per heavy atom. The highest BCUT2D eigenvalue weighted by molar-refractivity contribution is 6.30. The number of methoxy groups -OCH3 is 1. The molecule has 0 aliphatic heterocycles. The average molecular weight is 389 g/mol. The lowest BCUT2D eigenvalue weighted by Gasteiger charge is -2.17. The van der Waals surface area contributed by atoms with Gasteiger partial charge in [-0.15, -0.1) is 0 Å². The van der Waals surface area contributed by atoms with E-state index in [2.05, 4.69) is 21.7 Å². The molecule has 6 nitrogen and oxygen atoms in total. The quantitative estimate of drug-likeness (QED) is 0.586. The molecule has 0 radical (unpaired) electrons. The fourth-order valence-corrected chi connectivity index (χ4v) is 3.34. The highest BCUT2D eigenvalue weighted by Gasteiger charge is 2.23. The summed E-state index contributed by atoms with van der Waals surface area (Å²) in [7, 11) is 3.46. The molecule has 7 heteroatoms. The maximum absolute atomic E-state index is 12.7. The Hall–Kier alpha value is -2.15. The average Bonchev–Trinajstić information content (AvgIpc) is 2.98. The van der Waals surface area contributed by atoms with Gasteiger partial charge in [0.2, 0.25) is 0 Å². The van der Waals surface area contributed by atoms with Gasteiger partial charge in [0.15, 0.2) is 0 Å². The number of hydrogen-bond donors (Lipinski definition) is 2. The zero-order valence-electron chi connectivity index (χ0n) is 15.7. The molecule has 0 saturated carbocycles. The van der Waals surface area contributed by atoms with Crippen molar-refractivity contribution in [1.29, 1.82) is 0 Å². The van der Waals surface area contributed by atoms with Crippen molar-refractivity contribution in [3.63, 3.8) is 0 Å². The number of nitrogens with one attached hydrogen (secondary N) is 2. The molecule has 144 valence electrons. The fourth-order valence-electron chi connectivity index (χ4n) is 3.21. The second-order valence-electron chi connectivity index (χ2n) is 6.71. The van der Waals surface area contributed by atoms with Crippen LogP contribution in [0.5, 0.6) is 0 Å². The molecule has 0 fully saturated rings. The topological polar surface area (TPSA) is 70.2 Å². The highest BCUT2D eigenvalue weighted by Crippen LogP contribution is 2.31. The van der Waals surface area contributed by atoms with Gasteiger partial charge in [0.25, 0.3) is 5.91 Å². The van der Waals surface area contributed by atoms with Crippen molar-refractivity contribution in [3.8, 4) is 0 Å². The molecule has 1 amide bonds. The molecular weight excluding hydrogens is 364 g/mol. The van der Waals surface area contributed by atoms with Gasteiger partial charge in [0, 0.05) is 31.3 Å². The number of hydrazine groups is 1. The van der Waals surface area contributed by atoms with Crippen LogP contribution >= 0.6 is 11.6 Å². The van der Waals surface area contributed by atoms with E-state index in [1.165, 1.54) is 0 Å². The predicted molar refractivity (Wildman–Crippen MR) is 107 cm³/mol. The normalized spacial score (nSPS) is 15.6. The molecule has 0 saturated heterocycles. The van der Waals surface area contributed by atoms with Crippen LogP contribution in [0.1, 0.15) is 46.6 Å². The zero-order chi connectivity index (χ0) is 19.2. The number of allylic oxidation sites excluding steroid dienone is 1. The Morgan fingerprint density at radius 1 is 1.33 bits per heavy atom. The fraction of sp³-hybridized carbons (Fsp3) is 0.400. The summed E-state index contributed by atoms with van der Waals surface area (Å²) < 4.78 is 5.04. The number of likely N-dealkylation sites (N-methyl/N-ethyl adjacent to an activating group) is 1. The molecule has 1 aliphatic carbocycles. The molecule has 0 spiro atoms. The number of aromatic amines is 1. The van der Waals surface area contributed by atoms with Crippen molar-refractivity contribution in [3.05, 3.63) is 51.8 Å². The van der Waals surface area contributed by atoms with Crippen molar-refractivity contribution in [2.24, 2.45) is 0 Å². The van der Waals surface area contributed by atoms with Gasteiger partial charge < -0.3 is 4.74 Å². The van der Waals surface area contributed by atoms with E-state index in [9.17, 15) is 4.79 Å². The van der Waals surface area contributed by atoms with Gasteiger partial charge in [-0.1, -0.05) is 23.7 Å². The predicted octanol–water partition coefficient (Wildman–Crippen LogP) is 3.55. The largest absolute Gasteiger partial charge is 0.383 e. The van der Waals surface area contributed by atoms with Crippen LogP contribution in [0.2, 0.25) is 5.02 Å². The van der Waals surface area contributed by atoms with Gasteiger partial charge in [-0.25, -0.2) is 5.01 Å². The lowest BCUT2D eigenvalue weighted by atomic mass is 10.0. The molecule has 0 bridgehead atoms. The Bertz CT molecular complexity index is 814. The number of ether oxygens (including phenoxy) is 1. The number of rotatable bonds is 6. The molecule has 1 aliphatic rings. The van der Waals surface area contributed by atoms with E-state index in [-0.39, 0.29) is 5.91 Å². The summed E-state index contributed by atoms with van der Waals surface area (Å²) in [4.78, 5) is 12.7. The number of halogens is 1. The third kappa shape index (κ3) is 4.97. The summed E-state index contributed by atoms with van der Waals surface area (Å²) in [5, 5.41) is 9.87. The van der Waals surface area contributed by atoms with Gasteiger partial charge in [0.1, 0.15) is 5.69 Å². The number of carbonyl (C=O) groups excluding carboxylic acids is 1. The Labute approximate surface area is 164 Å². The monoisotopic (exact) mass is 388 g/mol. The lowest BCUT2D eigenvalue weighted by Crippen LogP contribution is -2.41. The lowest BCUT2D eigenvalue weighted by molar-refractivity contribution is 0.0769. The second kappa shape index (κ2) is 9.17. The van der Waals surface area contributed by atoms with Crippen molar-refractivity contribution in [2.45, 2.75) is 25.7 Å². The molecule has 0 atom stereocenters. The van der Waals surface area contributed by atoms with Crippen molar-refractivity contribution >= 4 is 29.2 Å². The molecule has 1 heterocycles. The van der Waals surface area contributed by atoms with Gasteiger partial charge in [-0.2, -0.15) is 5.10 Å². The second-order valence-corrected chi connectivity index (χ2v) is 7.15. The first-order chi connectivity index (χ1) is 13.1. The molecule has 2 aromatic rings. The van der Waals surface area contributed by atoms with E-state index in [0.29, 0.717) is 18.8 Å². The van der Waals surface area contributed by atoms with E-state index < -0.39 is 0 Å². The van der Waals surface area contributed by atoms with Crippen LogP contribution in [-0.2, 0) is 11.2 Å². The molecule has 3 rings (SSSR count). The first-order valence-corrected chi connectivity index (χ1v) is 9.51. The smallest absolute Gasteiger partial charge is 0.283 e. The van der Waals surface area contributed by atoms with Crippen molar-refractivity contribution < 1.29 is 9.53 Å². The van der Waals surface area contributed by atoms with Crippen molar-refractivity contribution in [2.75, 3.05) is 27.3 Å². The molecule has 27 heavy (non-hydrogen) atoms. The van der Waals surface area contributed by atoms with E-state index in [1.54, 1.807) is 12.1 Å². The molecule has 0 unspecified atom stereocenters. The SMILES string of the molecule is COCCN(C)NC(=O)c1[nH]nc2c1CCCC/C2=C\c1ccc(Cl)cc1. The van der Waals surface area contributed by atoms with Crippen LogP contribution in [0.15, 0.2) is 24.3 Å². The molecule has 1 aromatic heterocycles. The van der Waals surface area contributed by atoms with Crippen LogP contribution in [0.25, 0.3) is 11.6 Å². The standard InChI is InChI=1S/C20H25ClN4O2/c1-25(11-12-27-2)24-20(26)19-17-6-4-3-5-15(18(17)22-23-19)13-14-7-9-16(21)10-8-14/h7-10,13H,3-6,11-12H2,1-2H3,(H,22,23)(H,24,26)/b15-13+. The maximum Gasteiger partial charge on any atom is 0.283 e. The first kappa shape index (κ1) is 19.6. The minimum Gasteiger partial charge on any atom is -0.383 e. The van der Waals surface area contributed by atoms with Gasteiger partial charge in [0.05, 0.1) is 12.3 Å². The summed E-state index contributed by atoms with van der Waals surface area (Å²) >= 11 is 5.98. The highest BCUT2D eigenvalue weighted by atomic mass is 35.5. The summed E-state index contributed by atoms with van der Waals surface area (Å²) in [5.41, 5.74) is 7.52. The van der Waals surface area contributed by atoms with Crippen LogP contribution < -0.4 is 5.43 Å². The Morgan fingerprint density at radius 3 is 2.81 bits per heavy atom. The minimum absolute atomic E-state index is 0.171. The molecular formula is C20H25ClN4O2. The van der Waals surface area contributed by atoms with Crippen LogP contribution in [0.4, 0.5) is 0 Å². The number of amides is 1. The third-order valence-electron chi connectivity index (χ3n) is 4.66. The Balaban J connectivity index is 1.84. The number of hydrogen-bond acceptors (Lipinski definition) is 4. The van der Waals surface area contributed by atoms with Gasteiger partial charge in [-0.05, 0) is 55.0 Å². The Kier molecular flexibility index (Phi) is 6.66. The number of benzene rings is 1. The molecule has 2 N–H and O–H groups in total.